The highest BCUT2D eigenvalue weighted by atomic mass is 35.5. The van der Waals surface area contributed by atoms with Crippen LogP contribution in [-0.2, 0) is 9.59 Å². The molecule has 174 valence electrons. The van der Waals surface area contributed by atoms with Crippen LogP contribution in [0.15, 0.2) is 71.8 Å². The van der Waals surface area contributed by atoms with Crippen LogP contribution in [0.4, 0.5) is 5.69 Å². The van der Waals surface area contributed by atoms with Gasteiger partial charge in [-0.1, -0.05) is 29.8 Å². The van der Waals surface area contributed by atoms with E-state index in [1.807, 2.05) is 6.92 Å². The molecule has 0 radical (unpaired) electrons. The third-order valence-electron chi connectivity index (χ3n) is 4.77. The molecule has 3 rings (SSSR count). The van der Waals surface area contributed by atoms with E-state index in [1.165, 1.54) is 7.11 Å². The second-order valence-electron chi connectivity index (χ2n) is 7.17. The first kappa shape index (κ1) is 24.5. The predicted octanol–water partition coefficient (Wildman–Crippen LogP) is 4.36. The van der Waals surface area contributed by atoms with Crippen LogP contribution in [-0.4, -0.2) is 30.6 Å². The topological polar surface area (TPSA) is 106 Å². The number of esters is 1. The first-order valence-corrected chi connectivity index (χ1v) is 10.5. The van der Waals surface area contributed by atoms with Crippen molar-refractivity contribution in [1.29, 1.82) is 0 Å². The number of nitrogens with zero attached hydrogens (tertiary/aromatic N) is 1. The minimum absolute atomic E-state index is 0.306. The van der Waals surface area contributed by atoms with E-state index in [0.29, 0.717) is 39.0 Å². The van der Waals surface area contributed by atoms with E-state index < -0.39 is 17.8 Å². The largest absolute Gasteiger partial charge is 0.496 e. The van der Waals surface area contributed by atoms with E-state index in [0.717, 1.165) is 5.56 Å². The minimum atomic E-state index is -0.932. The quantitative estimate of drug-likeness (QED) is 0.180. The fourth-order valence-corrected chi connectivity index (χ4v) is 3.03. The van der Waals surface area contributed by atoms with Crippen LogP contribution in [0, 0.1) is 6.92 Å². The Kier molecular flexibility index (Phi) is 8.00. The Morgan fingerprint density at radius 1 is 0.941 bits per heavy atom. The van der Waals surface area contributed by atoms with Gasteiger partial charge in [-0.05, 0) is 73.5 Å². The summed E-state index contributed by atoms with van der Waals surface area (Å²) in [5.74, 6) is -1.62. The van der Waals surface area contributed by atoms with E-state index in [9.17, 15) is 14.4 Å². The van der Waals surface area contributed by atoms with Gasteiger partial charge in [0.1, 0.15) is 17.1 Å². The number of anilines is 1. The number of aryl methyl sites for hydroxylation is 1. The molecule has 2 N–H and O–H groups in total. The number of carbonyl (C=O) groups is 3. The van der Waals surface area contributed by atoms with Crippen molar-refractivity contribution in [1.82, 2.24) is 5.43 Å². The van der Waals surface area contributed by atoms with E-state index in [-0.39, 0.29) is 0 Å². The Labute approximate surface area is 201 Å². The molecular formula is C25H22ClN3O5. The molecule has 2 amide bonds. The Morgan fingerprint density at radius 3 is 2.32 bits per heavy atom. The highest BCUT2D eigenvalue weighted by Crippen LogP contribution is 2.21. The van der Waals surface area contributed by atoms with E-state index >= 15 is 0 Å². The number of nitrogens with one attached hydrogen (secondary N) is 2. The summed E-state index contributed by atoms with van der Waals surface area (Å²) in [7, 11) is 1.48. The maximum atomic E-state index is 12.4. The predicted molar refractivity (Wildman–Crippen MR) is 130 cm³/mol. The van der Waals surface area contributed by atoms with Gasteiger partial charge in [0.2, 0.25) is 0 Å². The lowest BCUT2D eigenvalue weighted by Crippen LogP contribution is -2.32. The fraction of sp³-hybridized carbons (Fsp3) is 0.120. The van der Waals surface area contributed by atoms with Gasteiger partial charge in [0, 0.05) is 10.7 Å². The van der Waals surface area contributed by atoms with Gasteiger partial charge < -0.3 is 14.8 Å². The normalized spacial score (nSPS) is 10.9. The molecule has 3 aromatic carbocycles. The number of hydrazone groups is 1. The zero-order valence-corrected chi connectivity index (χ0v) is 19.5. The highest BCUT2D eigenvalue weighted by Gasteiger charge is 2.15. The van der Waals surface area contributed by atoms with E-state index in [1.54, 1.807) is 73.7 Å². The molecule has 0 aliphatic rings. The molecule has 9 heteroatoms. The van der Waals surface area contributed by atoms with Crippen LogP contribution >= 0.6 is 11.6 Å². The summed E-state index contributed by atoms with van der Waals surface area (Å²) < 4.78 is 10.6. The van der Waals surface area contributed by atoms with Crippen LogP contribution in [0.1, 0.15) is 28.4 Å². The van der Waals surface area contributed by atoms with Crippen molar-refractivity contribution >= 4 is 40.8 Å². The zero-order chi connectivity index (χ0) is 24.7. The van der Waals surface area contributed by atoms with Crippen molar-refractivity contribution in [2.45, 2.75) is 13.8 Å². The SMILES string of the molecule is COc1ccccc1C(=O)Oc1ccc(/C(C)=N/NC(=O)C(=O)Nc2ccc(C)c(Cl)c2)cc1. The van der Waals surface area contributed by atoms with Crippen molar-refractivity contribution in [2.24, 2.45) is 5.10 Å². The molecule has 0 bridgehead atoms. The molecule has 0 aliphatic carbocycles. The standard InChI is InChI=1S/C25H22ClN3O5/c1-15-8-11-18(14-21(15)26)27-23(30)24(31)29-28-16(2)17-9-12-19(13-10-17)34-25(32)20-6-4-5-7-22(20)33-3/h4-14H,1-3H3,(H,27,30)(H,29,31)/b28-16+. The second kappa shape index (κ2) is 11.1. The fourth-order valence-electron chi connectivity index (χ4n) is 2.85. The molecule has 34 heavy (non-hydrogen) atoms. The Bertz CT molecular complexity index is 1260. The van der Waals surface area contributed by atoms with Crippen molar-refractivity contribution in [3.8, 4) is 11.5 Å². The molecule has 3 aromatic rings. The molecule has 0 saturated heterocycles. The van der Waals surface area contributed by atoms with Crippen LogP contribution in [0.3, 0.4) is 0 Å². The second-order valence-corrected chi connectivity index (χ2v) is 7.58. The van der Waals surface area contributed by atoms with Crippen LogP contribution in [0.2, 0.25) is 5.02 Å². The lowest BCUT2D eigenvalue weighted by Gasteiger charge is -2.09. The summed E-state index contributed by atoms with van der Waals surface area (Å²) in [6.45, 7) is 3.49. The number of benzene rings is 3. The number of methoxy groups -OCH3 is 1. The monoisotopic (exact) mass is 479 g/mol. The van der Waals surface area contributed by atoms with Gasteiger partial charge >= 0.3 is 17.8 Å². The number of halogens is 1. The van der Waals surface area contributed by atoms with Gasteiger partial charge in [-0.25, -0.2) is 10.2 Å². The average Bonchev–Trinajstić information content (AvgIpc) is 2.84. The summed E-state index contributed by atoms with van der Waals surface area (Å²) in [5, 5.41) is 6.89. The van der Waals surface area contributed by atoms with Gasteiger partial charge in [-0.15, -0.1) is 0 Å². The lowest BCUT2D eigenvalue weighted by atomic mass is 10.1. The van der Waals surface area contributed by atoms with Crippen LogP contribution < -0.4 is 20.2 Å². The maximum Gasteiger partial charge on any atom is 0.347 e. The van der Waals surface area contributed by atoms with Crippen LogP contribution in [0.25, 0.3) is 0 Å². The number of para-hydroxylation sites is 1. The third-order valence-corrected chi connectivity index (χ3v) is 5.18. The smallest absolute Gasteiger partial charge is 0.347 e. The first-order chi connectivity index (χ1) is 16.3. The number of ether oxygens (including phenoxy) is 2. The molecule has 8 nitrogen and oxygen atoms in total. The molecule has 0 atom stereocenters. The first-order valence-electron chi connectivity index (χ1n) is 10.2. The summed E-state index contributed by atoms with van der Waals surface area (Å²) in [6.07, 6.45) is 0. The van der Waals surface area contributed by atoms with Crippen molar-refractivity contribution in [2.75, 3.05) is 12.4 Å². The molecule has 0 spiro atoms. The van der Waals surface area contributed by atoms with Crippen molar-refractivity contribution < 1.29 is 23.9 Å². The summed E-state index contributed by atoms with van der Waals surface area (Å²) >= 11 is 6.02. The molecular weight excluding hydrogens is 458 g/mol. The van der Waals surface area contributed by atoms with Crippen molar-refractivity contribution in [3.63, 3.8) is 0 Å². The van der Waals surface area contributed by atoms with E-state index in [4.69, 9.17) is 21.1 Å². The molecule has 0 heterocycles. The van der Waals surface area contributed by atoms with Gasteiger partial charge in [0.25, 0.3) is 0 Å². The lowest BCUT2D eigenvalue weighted by molar-refractivity contribution is -0.136. The summed E-state index contributed by atoms with van der Waals surface area (Å²) in [6, 6.07) is 18.2. The number of carbonyl (C=O) groups excluding carboxylic acids is 3. The van der Waals surface area contributed by atoms with E-state index in [2.05, 4.69) is 15.8 Å². The molecule has 0 fully saturated rings. The van der Waals surface area contributed by atoms with Crippen molar-refractivity contribution in [3.05, 3.63) is 88.4 Å². The molecule has 0 aliphatic heterocycles. The van der Waals surface area contributed by atoms with Crippen LogP contribution in [0.5, 0.6) is 11.5 Å². The third kappa shape index (κ3) is 6.20. The Morgan fingerprint density at radius 2 is 1.65 bits per heavy atom. The number of amides is 2. The van der Waals surface area contributed by atoms with Gasteiger partial charge in [-0.2, -0.15) is 5.10 Å². The molecule has 0 aromatic heterocycles. The Balaban J connectivity index is 1.58. The summed E-state index contributed by atoms with van der Waals surface area (Å²) in [4.78, 5) is 36.5. The highest BCUT2D eigenvalue weighted by molar-refractivity contribution is 6.40. The molecule has 0 saturated carbocycles. The zero-order valence-electron chi connectivity index (χ0n) is 18.7. The average molecular weight is 480 g/mol. The Hall–Kier alpha value is -4.17. The number of hydrogen-bond donors (Lipinski definition) is 2. The molecule has 0 unspecified atom stereocenters. The maximum absolute atomic E-state index is 12.4. The minimum Gasteiger partial charge on any atom is -0.496 e. The van der Waals surface area contributed by atoms with Gasteiger partial charge in [0.05, 0.1) is 12.8 Å². The van der Waals surface area contributed by atoms with Gasteiger partial charge in [-0.3, -0.25) is 9.59 Å². The van der Waals surface area contributed by atoms with Gasteiger partial charge in [0.15, 0.2) is 0 Å². The summed E-state index contributed by atoms with van der Waals surface area (Å²) in [5.41, 5.74) is 4.87. The number of rotatable bonds is 6. The number of hydrogen-bond acceptors (Lipinski definition) is 6.